The molecule has 0 saturated carbocycles. The molecule has 0 aliphatic rings. The highest BCUT2D eigenvalue weighted by Gasteiger charge is 2.03. The molecule has 0 unspecified atom stereocenters. The van der Waals surface area contributed by atoms with Gasteiger partial charge in [-0.25, -0.2) is 9.97 Å². The van der Waals surface area contributed by atoms with Crippen molar-refractivity contribution in [3.05, 3.63) is 44.3 Å². The van der Waals surface area contributed by atoms with Crippen LogP contribution in [0.2, 0.25) is 0 Å². The van der Waals surface area contributed by atoms with Crippen molar-refractivity contribution < 1.29 is 0 Å². The molecule has 0 atom stereocenters. The minimum Gasteiger partial charge on any atom is -0.340 e. The number of hydrogen-bond donors (Lipinski definition) is 1. The summed E-state index contributed by atoms with van der Waals surface area (Å²) in [5.74, 6) is 1.68. The van der Waals surface area contributed by atoms with Gasteiger partial charge in [-0.2, -0.15) is 0 Å². The van der Waals surface area contributed by atoms with Crippen molar-refractivity contribution in [2.45, 2.75) is 19.8 Å². The number of nitrogens with one attached hydrogen (secondary N) is 1. The third-order valence-electron chi connectivity index (χ3n) is 2.33. The normalized spacial score (nSPS) is 10.4. The summed E-state index contributed by atoms with van der Waals surface area (Å²) in [5.41, 5.74) is 1.03. The Morgan fingerprint density at radius 1 is 1.22 bits per heavy atom. The molecule has 0 fully saturated rings. The first-order valence-corrected chi connectivity index (χ1v) is 7.60. The average molecular weight is 418 g/mol. The molecule has 18 heavy (non-hydrogen) atoms. The van der Waals surface area contributed by atoms with E-state index >= 15 is 0 Å². The molecule has 0 bridgehead atoms. The Labute approximate surface area is 129 Å². The van der Waals surface area contributed by atoms with Crippen LogP contribution < -0.4 is 5.32 Å². The third kappa shape index (κ3) is 3.91. The van der Waals surface area contributed by atoms with E-state index in [1.807, 2.05) is 18.2 Å². The first-order valence-electron chi connectivity index (χ1n) is 5.73. The number of hydrogen-bond acceptors (Lipinski definition) is 3. The molecule has 1 N–H and O–H groups in total. The van der Waals surface area contributed by atoms with Gasteiger partial charge in [0.25, 0.3) is 0 Å². The van der Waals surface area contributed by atoms with E-state index in [0.717, 1.165) is 34.8 Å². The predicted molar refractivity (Wildman–Crippen MR) is 86.2 cm³/mol. The lowest BCUT2D eigenvalue weighted by Gasteiger charge is -2.07. The van der Waals surface area contributed by atoms with Gasteiger partial charge in [0.2, 0.25) is 0 Å². The van der Waals surface area contributed by atoms with Gasteiger partial charge in [0.15, 0.2) is 0 Å². The van der Waals surface area contributed by atoms with E-state index in [4.69, 9.17) is 0 Å². The molecular formula is C13H13BrIN3. The number of halogens is 2. The van der Waals surface area contributed by atoms with Gasteiger partial charge >= 0.3 is 0 Å². The second-order valence-corrected chi connectivity index (χ2v) is 5.93. The van der Waals surface area contributed by atoms with Gasteiger partial charge in [-0.15, -0.1) is 0 Å². The van der Waals surface area contributed by atoms with E-state index < -0.39 is 0 Å². The van der Waals surface area contributed by atoms with Crippen LogP contribution in [0.25, 0.3) is 0 Å². The van der Waals surface area contributed by atoms with Crippen molar-refractivity contribution in [2.24, 2.45) is 0 Å². The summed E-state index contributed by atoms with van der Waals surface area (Å²) in [6.45, 7) is 2.12. The Balaban J connectivity index is 2.20. The van der Waals surface area contributed by atoms with Crippen LogP contribution >= 0.6 is 38.5 Å². The van der Waals surface area contributed by atoms with Crippen molar-refractivity contribution in [1.29, 1.82) is 0 Å². The second-order valence-electron chi connectivity index (χ2n) is 3.87. The van der Waals surface area contributed by atoms with Crippen LogP contribution in [-0.2, 0) is 6.42 Å². The highest BCUT2D eigenvalue weighted by atomic mass is 127. The predicted octanol–water partition coefficient (Wildman–Crippen LogP) is 4.54. The zero-order valence-corrected chi connectivity index (χ0v) is 13.7. The highest BCUT2D eigenvalue weighted by Crippen LogP contribution is 2.19. The molecule has 1 aromatic heterocycles. The molecule has 2 rings (SSSR count). The van der Waals surface area contributed by atoms with Crippen molar-refractivity contribution in [1.82, 2.24) is 9.97 Å². The molecule has 2 aromatic rings. The lowest BCUT2D eigenvalue weighted by Crippen LogP contribution is -2.00. The number of aromatic nitrogens is 2. The summed E-state index contributed by atoms with van der Waals surface area (Å²) in [4.78, 5) is 8.83. The van der Waals surface area contributed by atoms with E-state index in [9.17, 15) is 0 Å². The largest absolute Gasteiger partial charge is 0.340 e. The summed E-state index contributed by atoms with van der Waals surface area (Å²) in [6.07, 6.45) is 1.93. The van der Waals surface area contributed by atoms with Crippen LogP contribution in [0.3, 0.4) is 0 Å². The van der Waals surface area contributed by atoms with E-state index in [1.54, 1.807) is 0 Å². The number of benzene rings is 1. The maximum Gasteiger partial charge on any atom is 0.135 e. The molecule has 0 saturated heterocycles. The summed E-state index contributed by atoms with van der Waals surface area (Å²) in [5, 5.41) is 3.29. The summed E-state index contributed by atoms with van der Waals surface area (Å²) in [6, 6.07) is 10.1. The third-order valence-corrected chi connectivity index (χ3v) is 3.46. The van der Waals surface area contributed by atoms with Gasteiger partial charge in [0, 0.05) is 21.7 Å². The molecule has 0 aliphatic heterocycles. The van der Waals surface area contributed by atoms with Crippen LogP contribution in [0, 0.1) is 3.57 Å². The summed E-state index contributed by atoms with van der Waals surface area (Å²) >= 11 is 5.70. The topological polar surface area (TPSA) is 37.8 Å². The molecule has 5 heteroatoms. The monoisotopic (exact) mass is 417 g/mol. The Morgan fingerprint density at radius 3 is 2.61 bits per heavy atom. The van der Waals surface area contributed by atoms with Crippen LogP contribution in [0.15, 0.2) is 34.9 Å². The quantitative estimate of drug-likeness (QED) is 0.586. The Kier molecular flexibility index (Phi) is 4.94. The van der Waals surface area contributed by atoms with Gasteiger partial charge in [-0.1, -0.05) is 6.92 Å². The maximum absolute atomic E-state index is 4.49. The molecule has 0 amide bonds. The summed E-state index contributed by atoms with van der Waals surface area (Å²) in [7, 11) is 0. The molecule has 0 aliphatic carbocycles. The van der Waals surface area contributed by atoms with Crippen molar-refractivity contribution in [2.75, 3.05) is 5.32 Å². The van der Waals surface area contributed by atoms with Crippen molar-refractivity contribution in [3.8, 4) is 0 Å². The number of rotatable bonds is 4. The SMILES string of the molecule is CCCc1nc(Br)cc(Nc2ccc(I)cc2)n1. The summed E-state index contributed by atoms with van der Waals surface area (Å²) < 4.78 is 2.03. The van der Waals surface area contributed by atoms with Crippen LogP contribution in [-0.4, -0.2) is 9.97 Å². The zero-order valence-electron chi connectivity index (χ0n) is 9.95. The van der Waals surface area contributed by atoms with Crippen LogP contribution in [0.1, 0.15) is 19.2 Å². The first kappa shape index (κ1) is 13.7. The van der Waals surface area contributed by atoms with Gasteiger partial charge in [0.1, 0.15) is 16.2 Å². The smallest absolute Gasteiger partial charge is 0.135 e. The van der Waals surface area contributed by atoms with Crippen molar-refractivity contribution in [3.63, 3.8) is 0 Å². The first-order chi connectivity index (χ1) is 8.67. The minimum absolute atomic E-state index is 0.814. The lowest BCUT2D eigenvalue weighted by atomic mass is 10.3. The lowest BCUT2D eigenvalue weighted by molar-refractivity contribution is 0.831. The maximum atomic E-state index is 4.49. The van der Waals surface area contributed by atoms with Crippen LogP contribution in [0.4, 0.5) is 11.5 Å². The molecule has 1 aromatic carbocycles. The average Bonchev–Trinajstić information content (AvgIpc) is 2.32. The molecule has 0 radical (unpaired) electrons. The molecule has 1 heterocycles. The number of anilines is 2. The fraction of sp³-hybridized carbons (Fsp3) is 0.231. The van der Waals surface area contributed by atoms with E-state index in [-0.39, 0.29) is 0 Å². The number of nitrogens with zero attached hydrogens (tertiary/aromatic N) is 2. The minimum atomic E-state index is 0.814. The molecular weight excluding hydrogens is 405 g/mol. The standard InChI is InChI=1S/C13H13BrIN3/c1-2-3-12-17-11(14)8-13(18-12)16-10-6-4-9(15)5-7-10/h4-8H,2-3H2,1H3,(H,16,17,18). The molecule has 94 valence electrons. The van der Waals surface area contributed by atoms with E-state index in [1.165, 1.54) is 3.57 Å². The highest BCUT2D eigenvalue weighted by molar-refractivity contribution is 14.1. The Morgan fingerprint density at radius 2 is 1.94 bits per heavy atom. The Hall–Kier alpha value is -0.690. The molecule has 3 nitrogen and oxygen atoms in total. The fourth-order valence-corrected chi connectivity index (χ4v) is 2.33. The number of aryl methyl sites for hydroxylation is 1. The van der Waals surface area contributed by atoms with Gasteiger partial charge in [0.05, 0.1) is 0 Å². The van der Waals surface area contributed by atoms with E-state index in [0.29, 0.717) is 0 Å². The van der Waals surface area contributed by atoms with Gasteiger partial charge < -0.3 is 5.32 Å². The second kappa shape index (κ2) is 6.47. The van der Waals surface area contributed by atoms with Gasteiger partial charge in [-0.3, -0.25) is 0 Å². The van der Waals surface area contributed by atoms with Crippen molar-refractivity contribution >= 4 is 50.0 Å². The van der Waals surface area contributed by atoms with E-state index in [2.05, 4.69) is 72.9 Å². The molecule has 0 spiro atoms. The van der Waals surface area contributed by atoms with Crippen LogP contribution in [0.5, 0.6) is 0 Å². The zero-order chi connectivity index (χ0) is 13.0. The van der Waals surface area contributed by atoms with Gasteiger partial charge in [-0.05, 0) is 69.2 Å². The fourth-order valence-electron chi connectivity index (χ4n) is 1.55. The Bertz CT molecular complexity index is 528.